The summed E-state index contributed by atoms with van der Waals surface area (Å²) in [6.45, 7) is 0.703. The van der Waals surface area contributed by atoms with Gasteiger partial charge in [0.2, 0.25) is 0 Å². The fourth-order valence-corrected chi connectivity index (χ4v) is 2.23. The summed E-state index contributed by atoms with van der Waals surface area (Å²) in [5.74, 6) is 0.898. The Bertz CT molecular complexity index is 431. The summed E-state index contributed by atoms with van der Waals surface area (Å²) in [5, 5.41) is 0. The third kappa shape index (κ3) is 2.72. The fraction of sp³-hybridized carbons (Fsp3) is 0.533. The van der Waals surface area contributed by atoms with Gasteiger partial charge in [-0.25, -0.2) is 0 Å². The van der Waals surface area contributed by atoms with E-state index >= 15 is 0 Å². The zero-order chi connectivity index (χ0) is 12.4. The van der Waals surface area contributed by atoms with Crippen molar-refractivity contribution in [3.05, 3.63) is 29.8 Å². The number of Topliss-reactive ketones (excluding diaryl/α,β-unsaturated/α-hetero) is 1. The summed E-state index contributed by atoms with van der Waals surface area (Å²) >= 11 is 0. The molecule has 1 atom stereocenters. The number of carbonyl (C=O) groups excluding carboxylic acids is 1. The van der Waals surface area contributed by atoms with E-state index in [0.717, 1.165) is 37.9 Å². The number of benzene rings is 1. The molecule has 0 spiro atoms. The Morgan fingerprint density at radius 3 is 2.83 bits per heavy atom. The molecule has 0 N–H and O–H groups in total. The third-order valence-corrected chi connectivity index (χ3v) is 3.42. The highest BCUT2D eigenvalue weighted by atomic mass is 16.5. The minimum Gasteiger partial charge on any atom is -0.490 e. The van der Waals surface area contributed by atoms with Crippen LogP contribution in [0.3, 0.4) is 0 Å². The molecule has 1 aromatic rings. The highest BCUT2D eigenvalue weighted by Gasteiger charge is 2.25. The van der Waals surface area contributed by atoms with Crippen molar-refractivity contribution in [3.8, 4) is 5.75 Å². The van der Waals surface area contributed by atoms with Crippen LogP contribution in [0.2, 0.25) is 0 Å². The molecule has 1 unspecified atom stereocenters. The molecule has 3 rings (SSSR count). The maximum Gasteiger partial charge on any atom is 0.191 e. The summed E-state index contributed by atoms with van der Waals surface area (Å²) in [5.41, 5.74) is 0.708. The van der Waals surface area contributed by atoms with Gasteiger partial charge in [0, 0.05) is 12.2 Å². The molecule has 1 aromatic carbocycles. The molecule has 1 aliphatic heterocycles. The van der Waals surface area contributed by atoms with Crippen molar-refractivity contribution >= 4 is 5.78 Å². The van der Waals surface area contributed by atoms with Crippen molar-refractivity contribution in [1.82, 2.24) is 0 Å². The van der Waals surface area contributed by atoms with Crippen molar-refractivity contribution in [2.24, 2.45) is 0 Å². The van der Waals surface area contributed by atoms with Gasteiger partial charge in [0.25, 0.3) is 0 Å². The van der Waals surface area contributed by atoms with Gasteiger partial charge in [-0.05, 0) is 44.2 Å². The molecule has 18 heavy (non-hydrogen) atoms. The largest absolute Gasteiger partial charge is 0.490 e. The van der Waals surface area contributed by atoms with E-state index < -0.39 is 0 Å². The maximum atomic E-state index is 12.3. The number of carbonyl (C=O) groups is 1. The molecule has 1 saturated carbocycles. The molecule has 1 heterocycles. The lowest BCUT2D eigenvalue weighted by molar-refractivity contribution is 0.0186. The van der Waals surface area contributed by atoms with Gasteiger partial charge in [-0.1, -0.05) is 12.1 Å². The van der Waals surface area contributed by atoms with Crippen LogP contribution in [-0.4, -0.2) is 24.6 Å². The van der Waals surface area contributed by atoms with E-state index in [4.69, 9.17) is 9.47 Å². The first kappa shape index (κ1) is 11.7. The molecule has 3 heteroatoms. The van der Waals surface area contributed by atoms with Gasteiger partial charge in [0.15, 0.2) is 5.78 Å². The summed E-state index contributed by atoms with van der Waals surface area (Å²) in [6.07, 6.45) is 5.35. The van der Waals surface area contributed by atoms with E-state index in [1.165, 1.54) is 0 Å². The summed E-state index contributed by atoms with van der Waals surface area (Å²) in [4.78, 5) is 12.3. The van der Waals surface area contributed by atoms with Crippen LogP contribution in [0.15, 0.2) is 24.3 Å². The predicted octanol–water partition coefficient (Wildman–Crippen LogP) is 2.98. The number of rotatable bonds is 4. The van der Waals surface area contributed by atoms with Gasteiger partial charge in [-0.2, -0.15) is 0 Å². The average molecular weight is 246 g/mol. The van der Waals surface area contributed by atoms with Crippen LogP contribution >= 0.6 is 0 Å². The second kappa shape index (κ2) is 5.11. The van der Waals surface area contributed by atoms with Crippen LogP contribution in [0.5, 0.6) is 5.75 Å². The number of ketones is 1. The Morgan fingerprint density at radius 1 is 1.22 bits per heavy atom. The van der Waals surface area contributed by atoms with Gasteiger partial charge < -0.3 is 9.47 Å². The van der Waals surface area contributed by atoms with Crippen LogP contribution in [0.25, 0.3) is 0 Å². The molecule has 0 amide bonds. The lowest BCUT2D eigenvalue weighted by atomic mass is 10.00. The first-order valence-corrected chi connectivity index (χ1v) is 6.75. The molecular weight excluding hydrogens is 228 g/mol. The second-order valence-electron chi connectivity index (χ2n) is 5.06. The average Bonchev–Trinajstić information content (AvgIpc) is 3.23. The van der Waals surface area contributed by atoms with E-state index in [-0.39, 0.29) is 11.9 Å². The normalized spacial score (nSPS) is 23.7. The lowest BCUT2D eigenvalue weighted by Crippen LogP contribution is -2.28. The summed E-state index contributed by atoms with van der Waals surface area (Å²) < 4.78 is 11.2. The minimum atomic E-state index is -0.255. The molecule has 0 radical (unpaired) electrons. The first-order valence-electron chi connectivity index (χ1n) is 6.75. The van der Waals surface area contributed by atoms with Crippen LogP contribution in [-0.2, 0) is 4.74 Å². The Hall–Kier alpha value is -1.35. The molecule has 1 saturated heterocycles. The molecule has 2 aliphatic rings. The second-order valence-corrected chi connectivity index (χ2v) is 5.06. The van der Waals surface area contributed by atoms with Crippen LogP contribution in [0, 0.1) is 0 Å². The first-order chi connectivity index (χ1) is 8.83. The monoisotopic (exact) mass is 246 g/mol. The van der Waals surface area contributed by atoms with E-state index in [1.54, 1.807) is 0 Å². The van der Waals surface area contributed by atoms with Crippen molar-refractivity contribution in [3.63, 3.8) is 0 Å². The van der Waals surface area contributed by atoms with Gasteiger partial charge in [0.1, 0.15) is 11.9 Å². The van der Waals surface area contributed by atoms with Crippen molar-refractivity contribution < 1.29 is 14.3 Å². The fourth-order valence-electron chi connectivity index (χ4n) is 2.23. The van der Waals surface area contributed by atoms with E-state index in [1.807, 2.05) is 24.3 Å². The van der Waals surface area contributed by atoms with Crippen molar-refractivity contribution in [2.45, 2.75) is 44.3 Å². The molecule has 2 fully saturated rings. The summed E-state index contributed by atoms with van der Waals surface area (Å²) in [7, 11) is 0. The van der Waals surface area contributed by atoms with E-state index in [9.17, 15) is 4.79 Å². The minimum absolute atomic E-state index is 0.0935. The molecular formula is C15H18O3. The Balaban J connectivity index is 1.71. The topological polar surface area (TPSA) is 35.5 Å². The third-order valence-electron chi connectivity index (χ3n) is 3.42. The molecule has 0 aromatic heterocycles. The highest BCUT2D eigenvalue weighted by Crippen LogP contribution is 2.27. The highest BCUT2D eigenvalue weighted by molar-refractivity contribution is 5.99. The van der Waals surface area contributed by atoms with E-state index in [2.05, 4.69) is 0 Å². The Labute approximate surface area is 107 Å². The van der Waals surface area contributed by atoms with Crippen molar-refractivity contribution in [1.29, 1.82) is 0 Å². The number of ether oxygens (including phenoxy) is 2. The van der Waals surface area contributed by atoms with Gasteiger partial charge in [-0.15, -0.1) is 0 Å². The predicted molar refractivity (Wildman–Crippen MR) is 68.0 cm³/mol. The standard InChI is InChI=1S/C15H18O3/c16-15(14-6-1-2-9-17-14)11-4-3-5-13(10-11)18-12-7-8-12/h3-5,10,12,14H,1-2,6-9H2. The lowest BCUT2D eigenvalue weighted by Gasteiger charge is -2.21. The van der Waals surface area contributed by atoms with Gasteiger partial charge in [-0.3, -0.25) is 4.79 Å². The molecule has 96 valence electrons. The van der Waals surface area contributed by atoms with Gasteiger partial charge in [0.05, 0.1) is 6.10 Å². The zero-order valence-corrected chi connectivity index (χ0v) is 10.4. The maximum absolute atomic E-state index is 12.3. The summed E-state index contributed by atoms with van der Waals surface area (Å²) in [6, 6.07) is 7.49. The smallest absolute Gasteiger partial charge is 0.191 e. The number of hydrogen-bond acceptors (Lipinski definition) is 3. The Morgan fingerprint density at radius 2 is 2.11 bits per heavy atom. The molecule has 3 nitrogen and oxygen atoms in total. The SMILES string of the molecule is O=C(c1cccc(OC2CC2)c1)C1CCCCO1. The Kier molecular flexibility index (Phi) is 3.33. The van der Waals surface area contributed by atoms with Crippen LogP contribution < -0.4 is 4.74 Å². The van der Waals surface area contributed by atoms with E-state index in [0.29, 0.717) is 18.3 Å². The van der Waals surface area contributed by atoms with Gasteiger partial charge >= 0.3 is 0 Å². The van der Waals surface area contributed by atoms with Crippen LogP contribution in [0.1, 0.15) is 42.5 Å². The number of hydrogen-bond donors (Lipinski definition) is 0. The molecule has 1 aliphatic carbocycles. The molecule has 0 bridgehead atoms. The van der Waals surface area contributed by atoms with Crippen molar-refractivity contribution in [2.75, 3.05) is 6.61 Å². The quantitative estimate of drug-likeness (QED) is 0.766. The zero-order valence-electron chi connectivity index (χ0n) is 10.4. The van der Waals surface area contributed by atoms with Crippen LogP contribution in [0.4, 0.5) is 0 Å².